The third-order valence-corrected chi connectivity index (χ3v) is 3.53. The number of rotatable bonds is 8. The second-order valence-corrected chi connectivity index (χ2v) is 5.29. The zero-order chi connectivity index (χ0) is 12.8. The van der Waals surface area contributed by atoms with Crippen LogP contribution in [0, 0.1) is 0 Å². The van der Waals surface area contributed by atoms with Gasteiger partial charge in [-0.2, -0.15) is 0 Å². The molecule has 0 bridgehead atoms. The van der Waals surface area contributed by atoms with Gasteiger partial charge >= 0.3 is 0 Å². The van der Waals surface area contributed by atoms with Crippen molar-refractivity contribution in [1.82, 2.24) is 30.8 Å². The lowest BCUT2D eigenvalue weighted by molar-refractivity contribution is -0.120. The lowest BCUT2D eigenvalue weighted by atomic mass is 10.4. The van der Waals surface area contributed by atoms with Gasteiger partial charge in [-0.15, -0.1) is 5.10 Å². The van der Waals surface area contributed by atoms with Crippen LogP contribution in [0.15, 0.2) is 5.16 Å². The smallest absolute Gasteiger partial charge is 0.221 e. The Hall–Kier alpha value is -1.15. The highest BCUT2D eigenvalue weighted by Gasteiger charge is 2.22. The van der Waals surface area contributed by atoms with E-state index in [0.717, 1.165) is 31.1 Å². The Morgan fingerprint density at radius 1 is 1.56 bits per heavy atom. The number of likely N-dealkylation sites (N-methyl/N-ethyl adjacent to an activating group) is 1. The van der Waals surface area contributed by atoms with Crippen molar-refractivity contribution in [2.24, 2.45) is 0 Å². The number of thioether (sulfide) groups is 1. The van der Waals surface area contributed by atoms with Gasteiger partial charge in [0.05, 0.1) is 6.54 Å². The topological polar surface area (TPSA) is 84.7 Å². The Balaban J connectivity index is 1.68. The number of nitrogens with zero attached hydrogens (tertiary/aromatic N) is 4. The Labute approximate surface area is 110 Å². The minimum atomic E-state index is 0.124. The molecule has 1 aliphatic carbocycles. The van der Waals surface area contributed by atoms with Gasteiger partial charge in [0.1, 0.15) is 0 Å². The van der Waals surface area contributed by atoms with Gasteiger partial charge in [0.25, 0.3) is 0 Å². The highest BCUT2D eigenvalue weighted by molar-refractivity contribution is 7.99. The van der Waals surface area contributed by atoms with Crippen molar-refractivity contribution in [1.29, 1.82) is 0 Å². The van der Waals surface area contributed by atoms with Crippen LogP contribution < -0.4 is 10.6 Å². The van der Waals surface area contributed by atoms with Crippen molar-refractivity contribution in [3.8, 4) is 0 Å². The van der Waals surface area contributed by atoms with Crippen LogP contribution >= 0.6 is 11.8 Å². The highest BCUT2D eigenvalue weighted by atomic mass is 32.2. The third-order valence-electron chi connectivity index (χ3n) is 2.58. The molecule has 0 spiro atoms. The van der Waals surface area contributed by atoms with E-state index in [-0.39, 0.29) is 5.91 Å². The first-order chi connectivity index (χ1) is 8.79. The molecule has 1 heterocycles. The zero-order valence-electron chi connectivity index (χ0n) is 10.4. The summed E-state index contributed by atoms with van der Waals surface area (Å²) in [5, 5.41) is 18.3. The summed E-state index contributed by atoms with van der Waals surface area (Å²) in [6.07, 6.45) is 2.77. The van der Waals surface area contributed by atoms with Crippen LogP contribution in [0.5, 0.6) is 0 Å². The van der Waals surface area contributed by atoms with Crippen LogP contribution in [0.1, 0.15) is 19.3 Å². The summed E-state index contributed by atoms with van der Waals surface area (Å²) in [5.74, 6) is 0.831. The average Bonchev–Trinajstić information content (AvgIpc) is 3.05. The molecular weight excluding hydrogens is 252 g/mol. The molecule has 2 rings (SSSR count). The van der Waals surface area contributed by atoms with E-state index >= 15 is 0 Å². The molecule has 1 aromatic heterocycles. The van der Waals surface area contributed by atoms with E-state index in [1.165, 1.54) is 11.8 Å². The summed E-state index contributed by atoms with van der Waals surface area (Å²) < 4.78 is 1.75. The van der Waals surface area contributed by atoms with Crippen LogP contribution in [-0.4, -0.2) is 51.5 Å². The van der Waals surface area contributed by atoms with Crippen molar-refractivity contribution in [3.63, 3.8) is 0 Å². The number of amides is 1. The van der Waals surface area contributed by atoms with Gasteiger partial charge in [-0.1, -0.05) is 11.8 Å². The number of tetrazole rings is 1. The van der Waals surface area contributed by atoms with E-state index in [2.05, 4.69) is 26.2 Å². The van der Waals surface area contributed by atoms with E-state index in [0.29, 0.717) is 18.2 Å². The number of nitrogens with one attached hydrogen (secondary N) is 2. The van der Waals surface area contributed by atoms with E-state index in [9.17, 15) is 4.79 Å². The molecule has 0 unspecified atom stereocenters. The third kappa shape index (κ3) is 4.26. The molecule has 1 saturated carbocycles. The van der Waals surface area contributed by atoms with Crippen LogP contribution in [0.3, 0.4) is 0 Å². The van der Waals surface area contributed by atoms with Gasteiger partial charge in [-0.05, 0) is 30.3 Å². The molecule has 1 amide bonds. The Morgan fingerprint density at radius 2 is 2.39 bits per heavy atom. The van der Waals surface area contributed by atoms with Crippen molar-refractivity contribution in [2.45, 2.75) is 37.0 Å². The molecule has 2 N–H and O–H groups in total. The summed E-state index contributed by atoms with van der Waals surface area (Å²) in [4.78, 5) is 11.5. The predicted molar refractivity (Wildman–Crippen MR) is 68.2 cm³/mol. The summed E-state index contributed by atoms with van der Waals surface area (Å²) in [5.41, 5.74) is 0. The quantitative estimate of drug-likeness (QED) is 0.628. The second-order valence-electron chi connectivity index (χ2n) is 4.23. The fourth-order valence-corrected chi connectivity index (χ4v) is 2.26. The first-order valence-electron chi connectivity index (χ1n) is 6.12. The van der Waals surface area contributed by atoms with Gasteiger partial charge in [0.2, 0.25) is 11.1 Å². The maximum absolute atomic E-state index is 11.5. The molecule has 0 saturated heterocycles. The maximum atomic E-state index is 11.5. The Kier molecular flexibility index (Phi) is 4.94. The first kappa shape index (κ1) is 13.3. The molecule has 7 nitrogen and oxygen atoms in total. The summed E-state index contributed by atoms with van der Waals surface area (Å²) >= 11 is 1.52. The largest absolute Gasteiger partial charge is 0.353 e. The molecule has 1 aliphatic rings. The van der Waals surface area contributed by atoms with E-state index < -0.39 is 0 Å². The van der Waals surface area contributed by atoms with Crippen LogP contribution in [-0.2, 0) is 11.3 Å². The van der Waals surface area contributed by atoms with Gasteiger partial charge in [-0.3, -0.25) is 4.79 Å². The lowest BCUT2D eigenvalue weighted by Crippen LogP contribution is -2.25. The number of carbonyl (C=O) groups is 1. The van der Waals surface area contributed by atoms with Crippen molar-refractivity contribution in [3.05, 3.63) is 0 Å². The molecule has 18 heavy (non-hydrogen) atoms. The van der Waals surface area contributed by atoms with E-state index in [1.807, 2.05) is 7.05 Å². The molecule has 0 aliphatic heterocycles. The highest BCUT2D eigenvalue weighted by Crippen LogP contribution is 2.19. The molecule has 0 aromatic carbocycles. The minimum Gasteiger partial charge on any atom is -0.353 e. The molecule has 0 radical (unpaired) electrons. The number of hydrogen-bond acceptors (Lipinski definition) is 6. The number of hydrogen-bond donors (Lipinski definition) is 2. The monoisotopic (exact) mass is 270 g/mol. The fourth-order valence-electron chi connectivity index (χ4n) is 1.42. The molecule has 8 heteroatoms. The number of aromatic nitrogens is 4. The van der Waals surface area contributed by atoms with Crippen molar-refractivity contribution < 1.29 is 4.79 Å². The first-order valence-corrected chi connectivity index (χ1v) is 7.11. The normalized spacial score (nSPS) is 14.7. The Morgan fingerprint density at radius 3 is 3.11 bits per heavy atom. The van der Waals surface area contributed by atoms with Gasteiger partial charge < -0.3 is 10.6 Å². The number of carbonyl (C=O) groups excluding carboxylic acids is 1. The molecule has 1 fully saturated rings. The molecule has 100 valence electrons. The maximum Gasteiger partial charge on any atom is 0.221 e. The summed E-state index contributed by atoms with van der Waals surface area (Å²) in [7, 11) is 1.89. The van der Waals surface area contributed by atoms with Gasteiger partial charge in [0, 0.05) is 24.8 Å². The Bertz CT molecular complexity index is 391. The molecule has 1 aromatic rings. The van der Waals surface area contributed by atoms with Crippen molar-refractivity contribution >= 4 is 17.7 Å². The summed E-state index contributed by atoms with van der Waals surface area (Å²) in [6, 6.07) is 0.434. The predicted octanol–water partition coefficient (Wildman–Crippen LogP) is -0.347. The minimum absolute atomic E-state index is 0.124. The molecule has 0 atom stereocenters. The standard InChI is InChI=1S/C10H18N6OS/c1-11-5-6-16-10(13-14-15-16)18-7-4-9(17)12-8-2-3-8/h8,11H,2-7H2,1H3,(H,12,17). The van der Waals surface area contributed by atoms with Crippen LogP contribution in [0.4, 0.5) is 0 Å². The lowest BCUT2D eigenvalue weighted by Gasteiger charge is -2.04. The second kappa shape index (κ2) is 6.69. The van der Waals surface area contributed by atoms with Crippen molar-refractivity contribution in [2.75, 3.05) is 19.3 Å². The SMILES string of the molecule is CNCCn1nnnc1SCCC(=O)NC1CC1. The van der Waals surface area contributed by atoms with Crippen LogP contribution in [0.25, 0.3) is 0 Å². The fraction of sp³-hybridized carbons (Fsp3) is 0.800. The zero-order valence-corrected chi connectivity index (χ0v) is 11.2. The van der Waals surface area contributed by atoms with E-state index in [1.54, 1.807) is 4.68 Å². The molecular formula is C10H18N6OS. The average molecular weight is 270 g/mol. The van der Waals surface area contributed by atoms with Gasteiger partial charge in [-0.25, -0.2) is 4.68 Å². The van der Waals surface area contributed by atoms with Crippen LogP contribution in [0.2, 0.25) is 0 Å². The van der Waals surface area contributed by atoms with E-state index in [4.69, 9.17) is 0 Å². The van der Waals surface area contributed by atoms with Gasteiger partial charge in [0.15, 0.2) is 0 Å². The summed E-state index contributed by atoms with van der Waals surface area (Å²) in [6.45, 7) is 1.56.